The van der Waals surface area contributed by atoms with Gasteiger partial charge in [0.15, 0.2) is 0 Å². The number of piperidine rings is 1. The summed E-state index contributed by atoms with van der Waals surface area (Å²) in [6.07, 6.45) is 1.87. The van der Waals surface area contributed by atoms with Crippen molar-refractivity contribution in [3.63, 3.8) is 0 Å². The van der Waals surface area contributed by atoms with Gasteiger partial charge in [-0.3, -0.25) is 9.59 Å². The largest absolute Gasteiger partial charge is 0.497 e. The zero-order valence-electron chi connectivity index (χ0n) is 23.2. The second-order valence-electron chi connectivity index (χ2n) is 10.8. The van der Waals surface area contributed by atoms with E-state index in [0.29, 0.717) is 38.9 Å². The first kappa shape index (κ1) is 29.6. The standard InChI is InChI=1S/C29H41N3O5S/c1-6-18-31(38(35,36)26-10-8-7-9-11-26)22-27(33)32(21-23-12-14-25(37-5)15-13-23)24-16-19-30(20-17-24)28(34)29(2,3)4/h7-15,24H,6,16-22H2,1-5H3. The molecule has 0 radical (unpaired) electrons. The predicted molar refractivity (Wildman–Crippen MR) is 148 cm³/mol. The molecule has 0 aromatic heterocycles. The fourth-order valence-corrected chi connectivity index (χ4v) is 6.22. The number of likely N-dealkylation sites (tertiary alicyclic amines) is 1. The Bertz CT molecular complexity index is 1170. The summed E-state index contributed by atoms with van der Waals surface area (Å²) in [5.41, 5.74) is 0.470. The molecule has 1 heterocycles. The predicted octanol–water partition coefficient (Wildman–Crippen LogP) is 4.16. The Morgan fingerprint density at radius 2 is 1.61 bits per heavy atom. The molecule has 2 aromatic carbocycles. The van der Waals surface area contributed by atoms with E-state index >= 15 is 0 Å². The summed E-state index contributed by atoms with van der Waals surface area (Å²) in [6, 6.07) is 15.7. The van der Waals surface area contributed by atoms with E-state index in [2.05, 4.69) is 0 Å². The molecular weight excluding hydrogens is 502 g/mol. The number of ether oxygens (including phenoxy) is 1. The van der Waals surface area contributed by atoms with Crippen LogP contribution in [0.5, 0.6) is 5.75 Å². The summed E-state index contributed by atoms with van der Waals surface area (Å²) >= 11 is 0. The molecule has 1 aliphatic heterocycles. The molecular formula is C29H41N3O5S. The number of carbonyl (C=O) groups is 2. The van der Waals surface area contributed by atoms with Crippen molar-refractivity contribution in [1.82, 2.24) is 14.1 Å². The van der Waals surface area contributed by atoms with Crippen LogP contribution in [0.4, 0.5) is 0 Å². The second-order valence-corrected chi connectivity index (χ2v) is 12.7. The second kappa shape index (κ2) is 12.8. The summed E-state index contributed by atoms with van der Waals surface area (Å²) in [6.45, 7) is 9.13. The molecule has 0 aliphatic carbocycles. The van der Waals surface area contributed by atoms with E-state index in [1.54, 1.807) is 42.3 Å². The number of hydrogen-bond donors (Lipinski definition) is 0. The van der Waals surface area contributed by atoms with E-state index in [1.165, 1.54) is 4.31 Å². The molecule has 1 aliphatic rings. The minimum atomic E-state index is -3.82. The molecule has 0 saturated carbocycles. The highest BCUT2D eigenvalue weighted by molar-refractivity contribution is 7.89. The first-order chi connectivity index (χ1) is 18.0. The van der Waals surface area contributed by atoms with Gasteiger partial charge >= 0.3 is 0 Å². The molecule has 0 N–H and O–H groups in total. The molecule has 8 nitrogen and oxygen atoms in total. The Kier molecular flexibility index (Phi) is 9.95. The van der Waals surface area contributed by atoms with E-state index in [4.69, 9.17) is 4.74 Å². The molecule has 1 fully saturated rings. The molecule has 2 amide bonds. The zero-order valence-corrected chi connectivity index (χ0v) is 24.0. The lowest BCUT2D eigenvalue weighted by Crippen LogP contribution is -2.52. The number of hydrogen-bond acceptors (Lipinski definition) is 5. The molecule has 38 heavy (non-hydrogen) atoms. The molecule has 0 unspecified atom stereocenters. The van der Waals surface area contributed by atoms with Gasteiger partial charge in [0.1, 0.15) is 5.75 Å². The van der Waals surface area contributed by atoms with Crippen LogP contribution in [0, 0.1) is 5.41 Å². The maximum Gasteiger partial charge on any atom is 0.243 e. The van der Waals surface area contributed by atoms with Crippen LogP contribution in [-0.2, 0) is 26.2 Å². The molecule has 0 bridgehead atoms. The lowest BCUT2D eigenvalue weighted by Gasteiger charge is -2.41. The highest BCUT2D eigenvalue weighted by Gasteiger charge is 2.35. The van der Waals surface area contributed by atoms with Crippen LogP contribution < -0.4 is 4.74 Å². The van der Waals surface area contributed by atoms with E-state index in [9.17, 15) is 18.0 Å². The molecule has 0 spiro atoms. The number of carbonyl (C=O) groups excluding carboxylic acids is 2. The van der Waals surface area contributed by atoms with Gasteiger partial charge in [-0.1, -0.05) is 58.0 Å². The number of methoxy groups -OCH3 is 1. The third-order valence-corrected chi connectivity index (χ3v) is 8.69. The van der Waals surface area contributed by atoms with Gasteiger partial charge in [0.25, 0.3) is 0 Å². The van der Waals surface area contributed by atoms with Crippen LogP contribution in [-0.4, -0.2) is 73.7 Å². The average molecular weight is 544 g/mol. The Hall–Kier alpha value is -2.91. The molecule has 2 aromatic rings. The third kappa shape index (κ3) is 7.35. The Morgan fingerprint density at radius 1 is 1.00 bits per heavy atom. The number of rotatable bonds is 10. The van der Waals surface area contributed by atoms with Gasteiger partial charge < -0.3 is 14.5 Å². The van der Waals surface area contributed by atoms with Gasteiger partial charge in [-0.15, -0.1) is 0 Å². The number of sulfonamides is 1. The van der Waals surface area contributed by atoms with Crippen molar-refractivity contribution in [2.45, 2.75) is 64.4 Å². The summed E-state index contributed by atoms with van der Waals surface area (Å²) < 4.78 is 33.3. The van der Waals surface area contributed by atoms with Crippen LogP contribution in [0.1, 0.15) is 52.5 Å². The van der Waals surface area contributed by atoms with Gasteiger partial charge in [0, 0.05) is 37.6 Å². The Labute approximate surface area is 227 Å². The fourth-order valence-electron chi connectivity index (χ4n) is 4.72. The van der Waals surface area contributed by atoms with Crippen molar-refractivity contribution in [3.05, 3.63) is 60.2 Å². The van der Waals surface area contributed by atoms with Crippen LogP contribution >= 0.6 is 0 Å². The minimum Gasteiger partial charge on any atom is -0.497 e. The molecule has 208 valence electrons. The third-order valence-electron chi connectivity index (χ3n) is 6.83. The minimum absolute atomic E-state index is 0.100. The van der Waals surface area contributed by atoms with Crippen molar-refractivity contribution >= 4 is 21.8 Å². The van der Waals surface area contributed by atoms with Crippen molar-refractivity contribution in [2.24, 2.45) is 5.41 Å². The summed E-state index contributed by atoms with van der Waals surface area (Å²) in [5.74, 6) is 0.588. The average Bonchev–Trinajstić information content (AvgIpc) is 2.91. The summed E-state index contributed by atoms with van der Waals surface area (Å²) in [7, 11) is -2.22. The van der Waals surface area contributed by atoms with E-state index in [0.717, 1.165) is 11.3 Å². The Morgan fingerprint density at radius 3 is 2.13 bits per heavy atom. The quantitative estimate of drug-likeness (QED) is 0.449. The number of amides is 2. The van der Waals surface area contributed by atoms with E-state index < -0.39 is 15.4 Å². The topological polar surface area (TPSA) is 87.2 Å². The summed E-state index contributed by atoms with van der Waals surface area (Å²) in [5, 5.41) is 0. The van der Waals surface area contributed by atoms with Crippen molar-refractivity contribution in [3.8, 4) is 5.75 Å². The van der Waals surface area contributed by atoms with Crippen LogP contribution in [0.15, 0.2) is 59.5 Å². The first-order valence-corrected chi connectivity index (χ1v) is 14.7. The van der Waals surface area contributed by atoms with Gasteiger partial charge in [0.2, 0.25) is 21.8 Å². The van der Waals surface area contributed by atoms with Crippen LogP contribution in [0.2, 0.25) is 0 Å². The molecule has 0 atom stereocenters. The van der Waals surface area contributed by atoms with Crippen LogP contribution in [0.3, 0.4) is 0 Å². The fraction of sp³-hybridized carbons (Fsp3) is 0.517. The van der Waals surface area contributed by atoms with Gasteiger partial charge in [-0.25, -0.2) is 8.42 Å². The zero-order chi connectivity index (χ0) is 27.9. The van der Waals surface area contributed by atoms with Gasteiger partial charge in [-0.05, 0) is 49.1 Å². The number of nitrogens with zero attached hydrogens (tertiary/aromatic N) is 3. The highest BCUT2D eigenvalue weighted by atomic mass is 32.2. The molecule has 9 heteroatoms. The van der Waals surface area contributed by atoms with Crippen LogP contribution in [0.25, 0.3) is 0 Å². The lowest BCUT2D eigenvalue weighted by molar-refractivity contribution is -0.142. The number of benzene rings is 2. The highest BCUT2D eigenvalue weighted by Crippen LogP contribution is 2.25. The smallest absolute Gasteiger partial charge is 0.243 e. The molecule has 1 saturated heterocycles. The van der Waals surface area contributed by atoms with Crippen molar-refractivity contribution in [1.29, 1.82) is 0 Å². The maximum absolute atomic E-state index is 13.8. The van der Waals surface area contributed by atoms with Gasteiger partial charge in [0.05, 0.1) is 18.6 Å². The monoisotopic (exact) mass is 543 g/mol. The normalized spacial score (nSPS) is 14.9. The Balaban J connectivity index is 1.84. The van der Waals surface area contributed by atoms with Crippen molar-refractivity contribution < 1.29 is 22.7 Å². The van der Waals surface area contributed by atoms with Crippen molar-refractivity contribution in [2.75, 3.05) is 33.3 Å². The molecule has 3 rings (SSSR count). The SMILES string of the molecule is CCCN(CC(=O)N(Cc1ccc(OC)cc1)C1CCN(C(=O)C(C)(C)C)CC1)S(=O)(=O)c1ccccc1. The van der Waals surface area contributed by atoms with Gasteiger partial charge in [-0.2, -0.15) is 4.31 Å². The maximum atomic E-state index is 13.8. The van der Waals surface area contributed by atoms with E-state index in [-0.39, 0.29) is 35.8 Å². The first-order valence-electron chi connectivity index (χ1n) is 13.2. The lowest BCUT2D eigenvalue weighted by atomic mass is 9.92. The van der Waals surface area contributed by atoms with E-state index in [1.807, 2.05) is 56.9 Å². The summed E-state index contributed by atoms with van der Waals surface area (Å²) in [4.78, 5) is 30.5.